The summed E-state index contributed by atoms with van der Waals surface area (Å²) in [5.74, 6) is 1.18. The summed E-state index contributed by atoms with van der Waals surface area (Å²) in [6.45, 7) is 1.33. The number of ether oxygens (including phenoxy) is 1. The second-order valence-electron chi connectivity index (χ2n) is 6.12. The summed E-state index contributed by atoms with van der Waals surface area (Å²) >= 11 is 0. The predicted molar refractivity (Wildman–Crippen MR) is 96.1 cm³/mol. The molecule has 7 heteroatoms. The molecule has 0 unspecified atom stereocenters. The molecule has 1 aromatic heterocycles. The second kappa shape index (κ2) is 6.75. The number of aliphatic hydroxyl groups is 1. The number of fused-ring (bicyclic) bond motifs is 3. The average Bonchev–Trinajstić information content (AvgIpc) is 3.05. The van der Waals surface area contributed by atoms with Crippen LogP contribution >= 0.6 is 0 Å². The fourth-order valence-corrected chi connectivity index (χ4v) is 4.53. The summed E-state index contributed by atoms with van der Waals surface area (Å²) in [7, 11) is -3.69. The van der Waals surface area contributed by atoms with Gasteiger partial charge < -0.3 is 19.6 Å². The van der Waals surface area contributed by atoms with Crippen molar-refractivity contribution in [1.82, 2.24) is 5.32 Å². The van der Waals surface area contributed by atoms with Crippen LogP contribution in [0.2, 0.25) is 0 Å². The number of aliphatic hydroxyl groups excluding tert-OH is 1. The SMILES string of the molecule is O=S(=O)(c1ccccc1)c1cc(OCCO)c2oc3c(c2c1)CNCC3. The summed E-state index contributed by atoms with van der Waals surface area (Å²) in [6.07, 6.45) is 0.740. The fourth-order valence-electron chi connectivity index (χ4n) is 3.21. The molecule has 0 bridgehead atoms. The van der Waals surface area contributed by atoms with Gasteiger partial charge in [-0.15, -0.1) is 0 Å². The second-order valence-corrected chi connectivity index (χ2v) is 8.07. The summed E-state index contributed by atoms with van der Waals surface area (Å²) in [6, 6.07) is 11.4. The molecule has 4 rings (SSSR count). The Bertz CT molecular complexity index is 1040. The van der Waals surface area contributed by atoms with Crippen molar-refractivity contribution in [2.75, 3.05) is 19.8 Å². The highest BCUT2D eigenvalue weighted by Crippen LogP contribution is 2.38. The van der Waals surface area contributed by atoms with Gasteiger partial charge in [0.05, 0.1) is 16.4 Å². The monoisotopic (exact) mass is 373 g/mol. The highest BCUT2D eigenvalue weighted by atomic mass is 32.2. The minimum Gasteiger partial charge on any atom is -0.487 e. The molecule has 3 aromatic rings. The third kappa shape index (κ3) is 2.88. The highest BCUT2D eigenvalue weighted by molar-refractivity contribution is 7.91. The molecule has 6 nitrogen and oxygen atoms in total. The smallest absolute Gasteiger partial charge is 0.206 e. The van der Waals surface area contributed by atoms with Crippen LogP contribution in [0.4, 0.5) is 0 Å². The molecule has 2 aromatic carbocycles. The van der Waals surface area contributed by atoms with E-state index in [4.69, 9.17) is 14.3 Å². The van der Waals surface area contributed by atoms with Crippen LogP contribution in [0.3, 0.4) is 0 Å². The van der Waals surface area contributed by atoms with E-state index < -0.39 is 9.84 Å². The van der Waals surface area contributed by atoms with E-state index in [1.165, 1.54) is 6.07 Å². The summed E-state index contributed by atoms with van der Waals surface area (Å²) in [5, 5.41) is 13.1. The molecule has 0 fully saturated rings. The Hall–Kier alpha value is -2.35. The molecule has 0 aliphatic carbocycles. The quantitative estimate of drug-likeness (QED) is 0.713. The molecule has 1 aliphatic rings. The van der Waals surface area contributed by atoms with Crippen LogP contribution in [-0.4, -0.2) is 33.3 Å². The maximum atomic E-state index is 13.0. The lowest BCUT2D eigenvalue weighted by Gasteiger charge is -2.11. The van der Waals surface area contributed by atoms with Crippen molar-refractivity contribution >= 4 is 20.8 Å². The standard InChI is InChI=1S/C19H19NO5S/c21-8-9-24-18-11-14(26(22,23)13-4-2-1-3-5-13)10-15-16-12-20-7-6-17(16)25-19(15)18/h1-5,10-11,20-21H,6-9,12H2. The van der Waals surface area contributed by atoms with Crippen LogP contribution in [0.1, 0.15) is 11.3 Å². The van der Waals surface area contributed by atoms with Gasteiger partial charge in [-0.1, -0.05) is 18.2 Å². The third-order valence-corrected chi connectivity index (χ3v) is 6.21. The van der Waals surface area contributed by atoms with Gasteiger partial charge in [-0.25, -0.2) is 8.42 Å². The lowest BCUT2D eigenvalue weighted by molar-refractivity contribution is 0.201. The Morgan fingerprint density at radius 2 is 1.96 bits per heavy atom. The van der Waals surface area contributed by atoms with Gasteiger partial charge in [0, 0.05) is 36.5 Å². The van der Waals surface area contributed by atoms with Gasteiger partial charge in [-0.2, -0.15) is 0 Å². The van der Waals surface area contributed by atoms with Gasteiger partial charge in [-0.3, -0.25) is 0 Å². The van der Waals surface area contributed by atoms with Gasteiger partial charge in [0.25, 0.3) is 0 Å². The first-order valence-electron chi connectivity index (χ1n) is 8.44. The van der Waals surface area contributed by atoms with E-state index in [2.05, 4.69) is 5.32 Å². The number of furan rings is 1. The first-order valence-corrected chi connectivity index (χ1v) is 9.92. The number of sulfone groups is 1. The van der Waals surface area contributed by atoms with Gasteiger partial charge in [-0.05, 0) is 18.2 Å². The van der Waals surface area contributed by atoms with E-state index >= 15 is 0 Å². The van der Waals surface area contributed by atoms with Gasteiger partial charge in [0.1, 0.15) is 12.4 Å². The lowest BCUT2D eigenvalue weighted by atomic mass is 10.1. The molecule has 0 amide bonds. The zero-order valence-electron chi connectivity index (χ0n) is 14.1. The molecule has 2 heterocycles. The lowest BCUT2D eigenvalue weighted by Crippen LogP contribution is -2.22. The fraction of sp³-hybridized carbons (Fsp3) is 0.263. The van der Waals surface area contributed by atoms with Crippen LogP contribution in [0, 0.1) is 0 Å². The highest BCUT2D eigenvalue weighted by Gasteiger charge is 2.25. The maximum absolute atomic E-state index is 13.0. The number of hydrogen-bond acceptors (Lipinski definition) is 6. The van der Waals surface area contributed by atoms with E-state index in [1.807, 2.05) is 0 Å². The molecule has 0 radical (unpaired) electrons. The van der Waals surface area contributed by atoms with Crippen molar-refractivity contribution in [2.45, 2.75) is 22.8 Å². The number of rotatable bonds is 5. The zero-order chi connectivity index (χ0) is 18.1. The largest absolute Gasteiger partial charge is 0.487 e. The Kier molecular flexibility index (Phi) is 4.44. The Morgan fingerprint density at radius 1 is 1.15 bits per heavy atom. The summed E-state index contributed by atoms with van der Waals surface area (Å²) < 4.78 is 37.6. The van der Waals surface area contributed by atoms with Crippen LogP contribution in [0.15, 0.2) is 56.7 Å². The Balaban J connectivity index is 1.93. The Morgan fingerprint density at radius 3 is 2.73 bits per heavy atom. The molecular formula is C19H19NO5S. The van der Waals surface area contributed by atoms with Crippen LogP contribution in [-0.2, 0) is 22.8 Å². The molecule has 0 spiro atoms. The number of hydrogen-bond donors (Lipinski definition) is 2. The minimum atomic E-state index is -3.69. The Labute approximate surface area is 151 Å². The van der Waals surface area contributed by atoms with Gasteiger partial charge in [0.2, 0.25) is 9.84 Å². The van der Waals surface area contributed by atoms with Gasteiger partial charge >= 0.3 is 0 Å². The topological polar surface area (TPSA) is 88.8 Å². The molecule has 2 N–H and O–H groups in total. The minimum absolute atomic E-state index is 0.0631. The predicted octanol–water partition coefficient (Wildman–Crippen LogP) is 2.28. The summed E-state index contributed by atoms with van der Waals surface area (Å²) in [4.78, 5) is 0.376. The molecule has 26 heavy (non-hydrogen) atoms. The molecule has 1 aliphatic heterocycles. The van der Waals surface area contributed by atoms with E-state index in [1.54, 1.807) is 36.4 Å². The normalized spacial score (nSPS) is 14.3. The van der Waals surface area contributed by atoms with E-state index in [-0.39, 0.29) is 23.0 Å². The van der Waals surface area contributed by atoms with E-state index in [0.717, 1.165) is 29.7 Å². The van der Waals surface area contributed by atoms with Crippen LogP contribution < -0.4 is 10.1 Å². The first kappa shape index (κ1) is 17.1. The van der Waals surface area contributed by atoms with Crippen molar-refractivity contribution in [3.63, 3.8) is 0 Å². The van der Waals surface area contributed by atoms with Crippen LogP contribution in [0.5, 0.6) is 5.75 Å². The van der Waals surface area contributed by atoms with E-state index in [9.17, 15) is 8.42 Å². The van der Waals surface area contributed by atoms with Crippen molar-refractivity contribution in [1.29, 1.82) is 0 Å². The van der Waals surface area contributed by atoms with Crippen molar-refractivity contribution < 1.29 is 22.7 Å². The average molecular weight is 373 g/mol. The van der Waals surface area contributed by atoms with E-state index in [0.29, 0.717) is 17.9 Å². The first-order chi connectivity index (χ1) is 12.6. The van der Waals surface area contributed by atoms with Crippen LogP contribution in [0.25, 0.3) is 11.0 Å². The number of nitrogens with one attached hydrogen (secondary N) is 1. The molecular weight excluding hydrogens is 354 g/mol. The van der Waals surface area contributed by atoms with Crippen molar-refractivity contribution in [3.8, 4) is 5.75 Å². The molecule has 0 saturated carbocycles. The maximum Gasteiger partial charge on any atom is 0.206 e. The summed E-state index contributed by atoms with van der Waals surface area (Å²) in [5.41, 5.74) is 1.49. The molecule has 0 atom stereocenters. The molecule has 136 valence electrons. The zero-order valence-corrected chi connectivity index (χ0v) is 14.9. The van der Waals surface area contributed by atoms with Gasteiger partial charge in [0.15, 0.2) is 11.3 Å². The van der Waals surface area contributed by atoms with Crippen molar-refractivity contribution in [2.24, 2.45) is 0 Å². The number of benzene rings is 2. The molecule has 0 saturated heterocycles. The van der Waals surface area contributed by atoms with Crippen molar-refractivity contribution in [3.05, 3.63) is 53.8 Å². The third-order valence-electron chi connectivity index (χ3n) is 4.46.